The first kappa shape index (κ1) is 14.5. The molecule has 2 unspecified atom stereocenters. The number of hydrogen-bond donors (Lipinski definition) is 1. The van der Waals surface area contributed by atoms with E-state index in [0.29, 0.717) is 5.92 Å². The first-order valence-corrected chi connectivity index (χ1v) is 7.80. The smallest absolute Gasteiger partial charge is 0.240 e. The zero-order chi connectivity index (χ0) is 14.8. The summed E-state index contributed by atoms with van der Waals surface area (Å²) in [7, 11) is 0. The highest BCUT2D eigenvalue weighted by molar-refractivity contribution is 5.82. The second-order valence-corrected chi connectivity index (χ2v) is 6.23. The van der Waals surface area contributed by atoms with Gasteiger partial charge >= 0.3 is 0 Å². The molecule has 1 N–H and O–H groups in total. The van der Waals surface area contributed by atoms with Crippen LogP contribution in [-0.4, -0.2) is 59.6 Å². The third-order valence-corrected chi connectivity index (χ3v) is 4.54. The van der Waals surface area contributed by atoms with Crippen molar-refractivity contribution in [2.45, 2.75) is 32.9 Å². The maximum Gasteiger partial charge on any atom is 0.240 e. The van der Waals surface area contributed by atoms with Gasteiger partial charge in [-0.1, -0.05) is 12.1 Å². The van der Waals surface area contributed by atoms with Crippen LogP contribution < -0.4 is 5.32 Å². The highest BCUT2D eigenvalue weighted by Crippen LogP contribution is 2.18. The molecule has 1 aromatic rings. The first-order chi connectivity index (χ1) is 10.1. The molecule has 2 aliphatic rings. The van der Waals surface area contributed by atoms with Crippen LogP contribution >= 0.6 is 0 Å². The molecule has 6 nitrogen and oxygen atoms in total. The number of nitrogens with zero attached hydrogens (tertiary/aromatic N) is 3. The van der Waals surface area contributed by atoms with E-state index >= 15 is 0 Å². The zero-order valence-corrected chi connectivity index (χ0v) is 12.8. The fourth-order valence-electron chi connectivity index (χ4n) is 3.20. The fourth-order valence-corrected chi connectivity index (χ4v) is 3.20. The van der Waals surface area contributed by atoms with Crippen molar-refractivity contribution < 1.29 is 9.32 Å². The lowest BCUT2D eigenvalue weighted by atomic mass is 10.0. The van der Waals surface area contributed by atoms with Crippen LogP contribution in [-0.2, 0) is 11.3 Å². The molecule has 0 spiro atoms. The summed E-state index contributed by atoms with van der Waals surface area (Å²) in [5.74, 6) is 1.63. The number of rotatable bonds is 3. The Bertz CT molecular complexity index is 494. The average Bonchev–Trinajstić information content (AvgIpc) is 3.08. The van der Waals surface area contributed by atoms with Gasteiger partial charge in [0.2, 0.25) is 5.91 Å². The predicted octanol–water partition coefficient (Wildman–Crippen LogP) is 0.625. The van der Waals surface area contributed by atoms with Gasteiger partial charge in [-0.15, -0.1) is 0 Å². The van der Waals surface area contributed by atoms with Gasteiger partial charge in [-0.25, -0.2) is 0 Å². The number of amides is 1. The Morgan fingerprint density at radius 2 is 2.19 bits per heavy atom. The number of carbonyl (C=O) groups is 1. The molecule has 0 aliphatic carbocycles. The van der Waals surface area contributed by atoms with Crippen molar-refractivity contribution >= 4 is 5.91 Å². The van der Waals surface area contributed by atoms with E-state index in [1.165, 1.54) is 0 Å². The Kier molecular flexibility index (Phi) is 4.26. The molecule has 0 saturated carbocycles. The van der Waals surface area contributed by atoms with Gasteiger partial charge in [-0.3, -0.25) is 9.69 Å². The largest absolute Gasteiger partial charge is 0.360 e. The summed E-state index contributed by atoms with van der Waals surface area (Å²) in [6, 6.07) is 2.00. The van der Waals surface area contributed by atoms with Gasteiger partial charge in [0.15, 0.2) is 5.76 Å². The van der Waals surface area contributed by atoms with Crippen molar-refractivity contribution in [1.82, 2.24) is 20.3 Å². The lowest BCUT2D eigenvalue weighted by molar-refractivity contribution is -0.135. The number of hydrogen-bond acceptors (Lipinski definition) is 5. The molecule has 0 aromatic carbocycles. The van der Waals surface area contributed by atoms with Crippen molar-refractivity contribution in [2.75, 3.05) is 32.7 Å². The highest BCUT2D eigenvalue weighted by Gasteiger charge is 2.33. The van der Waals surface area contributed by atoms with Gasteiger partial charge in [0.05, 0.1) is 18.3 Å². The summed E-state index contributed by atoms with van der Waals surface area (Å²) >= 11 is 0. The molecule has 1 aromatic heterocycles. The SMILES string of the molecule is Cc1cc(CN2CCN(C(=O)C3NCCC3C)CC2)on1. The van der Waals surface area contributed by atoms with E-state index in [1.54, 1.807) is 0 Å². The Labute approximate surface area is 125 Å². The highest BCUT2D eigenvalue weighted by atomic mass is 16.5. The number of aromatic nitrogens is 1. The second-order valence-electron chi connectivity index (χ2n) is 6.23. The molecule has 0 bridgehead atoms. The molecule has 3 heterocycles. The van der Waals surface area contributed by atoms with Crippen LogP contribution in [0.5, 0.6) is 0 Å². The molecule has 1 amide bonds. The Balaban J connectivity index is 1.49. The number of aryl methyl sites for hydroxylation is 1. The topological polar surface area (TPSA) is 61.6 Å². The maximum atomic E-state index is 12.5. The molecule has 2 saturated heterocycles. The van der Waals surface area contributed by atoms with Crippen LogP contribution in [0.25, 0.3) is 0 Å². The molecule has 6 heteroatoms. The van der Waals surface area contributed by atoms with Crippen LogP contribution in [0.3, 0.4) is 0 Å². The molecule has 3 rings (SSSR count). The van der Waals surface area contributed by atoms with Gasteiger partial charge < -0.3 is 14.7 Å². The minimum absolute atomic E-state index is 0.0217. The molecule has 2 atom stereocenters. The summed E-state index contributed by atoms with van der Waals surface area (Å²) in [4.78, 5) is 16.8. The molecular weight excluding hydrogens is 268 g/mol. The molecule has 21 heavy (non-hydrogen) atoms. The molecule has 2 aliphatic heterocycles. The molecule has 2 fully saturated rings. The molecule has 116 valence electrons. The van der Waals surface area contributed by atoms with Gasteiger partial charge in [-0.05, 0) is 25.8 Å². The molecular formula is C15H24N4O2. The van der Waals surface area contributed by atoms with Crippen LogP contribution in [0.2, 0.25) is 0 Å². The van der Waals surface area contributed by atoms with Gasteiger partial charge in [0.25, 0.3) is 0 Å². The van der Waals surface area contributed by atoms with Crippen molar-refractivity contribution in [2.24, 2.45) is 5.92 Å². The predicted molar refractivity (Wildman–Crippen MR) is 78.7 cm³/mol. The first-order valence-electron chi connectivity index (χ1n) is 7.80. The van der Waals surface area contributed by atoms with Crippen LogP contribution in [0.1, 0.15) is 24.8 Å². The third-order valence-electron chi connectivity index (χ3n) is 4.54. The standard InChI is InChI=1S/C15H24N4O2/c1-11-3-4-16-14(11)15(20)19-7-5-18(6-8-19)10-13-9-12(2)17-21-13/h9,11,14,16H,3-8,10H2,1-2H3. The quantitative estimate of drug-likeness (QED) is 0.885. The van der Waals surface area contributed by atoms with Gasteiger partial charge in [0, 0.05) is 32.2 Å². The lowest BCUT2D eigenvalue weighted by Crippen LogP contribution is -2.53. The van der Waals surface area contributed by atoms with Crippen LogP contribution in [0, 0.1) is 12.8 Å². The van der Waals surface area contributed by atoms with E-state index in [1.807, 2.05) is 17.9 Å². The summed E-state index contributed by atoms with van der Waals surface area (Å²) in [5.41, 5.74) is 0.917. The summed E-state index contributed by atoms with van der Waals surface area (Å²) in [5, 5.41) is 7.24. The second kappa shape index (κ2) is 6.15. The van der Waals surface area contributed by atoms with E-state index in [0.717, 1.165) is 57.1 Å². The summed E-state index contributed by atoms with van der Waals surface area (Å²) in [6.45, 7) is 9.22. The minimum atomic E-state index is 0.0217. The lowest BCUT2D eigenvalue weighted by Gasteiger charge is -2.36. The van der Waals surface area contributed by atoms with E-state index < -0.39 is 0 Å². The Morgan fingerprint density at radius 1 is 1.43 bits per heavy atom. The normalized spacial score (nSPS) is 27.2. The number of carbonyl (C=O) groups excluding carboxylic acids is 1. The number of nitrogens with one attached hydrogen (secondary N) is 1. The summed E-state index contributed by atoms with van der Waals surface area (Å²) in [6.07, 6.45) is 1.10. The number of piperazine rings is 1. The van der Waals surface area contributed by atoms with Gasteiger partial charge in [0.1, 0.15) is 0 Å². The Morgan fingerprint density at radius 3 is 2.76 bits per heavy atom. The average molecular weight is 292 g/mol. The van der Waals surface area contributed by atoms with Crippen molar-refractivity contribution in [3.8, 4) is 0 Å². The van der Waals surface area contributed by atoms with E-state index in [-0.39, 0.29) is 11.9 Å². The third kappa shape index (κ3) is 3.27. The van der Waals surface area contributed by atoms with E-state index in [2.05, 4.69) is 22.3 Å². The minimum Gasteiger partial charge on any atom is -0.360 e. The van der Waals surface area contributed by atoms with Crippen LogP contribution in [0.15, 0.2) is 10.6 Å². The zero-order valence-electron chi connectivity index (χ0n) is 12.8. The van der Waals surface area contributed by atoms with Crippen LogP contribution in [0.4, 0.5) is 0 Å². The van der Waals surface area contributed by atoms with Crippen molar-refractivity contribution in [1.29, 1.82) is 0 Å². The van der Waals surface area contributed by atoms with Gasteiger partial charge in [-0.2, -0.15) is 0 Å². The maximum absolute atomic E-state index is 12.5. The van der Waals surface area contributed by atoms with E-state index in [4.69, 9.17) is 4.52 Å². The fraction of sp³-hybridized carbons (Fsp3) is 0.733. The Hall–Kier alpha value is -1.40. The van der Waals surface area contributed by atoms with Crippen molar-refractivity contribution in [3.63, 3.8) is 0 Å². The summed E-state index contributed by atoms with van der Waals surface area (Å²) < 4.78 is 5.25. The monoisotopic (exact) mass is 292 g/mol. The molecule has 0 radical (unpaired) electrons. The van der Waals surface area contributed by atoms with Crippen molar-refractivity contribution in [3.05, 3.63) is 17.5 Å². The van der Waals surface area contributed by atoms with E-state index in [9.17, 15) is 4.79 Å².